The highest BCUT2D eigenvalue weighted by Gasteiger charge is 2.19. The molecule has 0 bridgehead atoms. The van der Waals surface area contributed by atoms with Crippen LogP contribution >= 0.6 is 0 Å². The molecule has 0 fully saturated rings. The largest absolute Gasteiger partial charge is 0.462 e. The Morgan fingerprint density at radius 3 is 1.00 bits per heavy atom. The van der Waals surface area contributed by atoms with Gasteiger partial charge in [-0.05, 0) is 70.6 Å². The Morgan fingerprint density at radius 1 is 0.350 bits per heavy atom. The summed E-state index contributed by atoms with van der Waals surface area (Å²) in [6, 6.07) is 0. The molecule has 0 aromatic heterocycles. The number of unbranched alkanes of at least 4 members (excludes halogenated alkanes) is 27. The molecule has 60 heavy (non-hydrogen) atoms. The van der Waals surface area contributed by atoms with E-state index in [1.54, 1.807) is 0 Å². The predicted octanol–water partition coefficient (Wildman–Crippen LogP) is 16.7. The van der Waals surface area contributed by atoms with Gasteiger partial charge in [0, 0.05) is 19.3 Å². The van der Waals surface area contributed by atoms with E-state index >= 15 is 0 Å². The number of hydrogen-bond acceptors (Lipinski definition) is 6. The molecule has 0 aliphatic rings. The maximum atomic E-state index is 12.8. The van der Waals surface area contributed by atoms with Crippen LogP contribution in [0.4, 0.5) is 0 Å². The quantitative estimate of drug-likeness (QED) is 0.0263. The minimum atomic E-state index is -0.777. The molecule has 0 saturated heterocycles. The molecule has 1 unspecified atom stereocenters. The Bertz CT molecular complexity index is 1060. The van der Waals surface area contributed by atoms with Gasteiger partial charge in [-0.15, -0.1) is 0 Å². The zero-order valence-corrected chi connectivity index (χ0v) is 39.7. The molecule has 6 heteroatoms. The van der Waals surface area contributed by atoms with E-state index in [2.05, 4.69) is 69.4 Å². The molecule has 0 rings (SSSR count). The van der Waals surface area contributed by atoms with Crippen LogP contribution in [0.2, 0.25) is 0 Å². The average Bonchev–Trinajstić information content (AvgIpc) is 3.24. The summed E-state index contributed by atoms with van der Waals surface area (Å²) in [6.45, 7) is 6.43. The maximum absolute atomic E-state index is 12.8. The van der Waals surface area contributed by atoms with E-state index < -0.39 is 6.10 Å². The van der Waals surface area contributed by atoms with Gasteiger partial charge < -0.3 is 14.2 Å². The van der Waals surface area contributed by atoms with Crippen molar-refractivity contribution in [3.63, 3.8) is 0 Å². The Kier molecular flexibility index (Phi) is 46.9. The van der Waals surface area contributed by atoms with Gasteiger partial charge in [-0.25, -0.2) is 0 Å². The van der Waals surface area contributed by atoms with E-state index in [-0.39, 0.29) is 31.1 Å². The van der Waals surface area contributed by atoms with Crippen molar-refractivity contribution >= 4 is 17.9 Å². The van der Waals surface area contributed by atoms with E-state index in [9.17, 15) is 14.4 Å². The predicted molar refractivity (Wildman–Crippen MR) is 256 cm³/mol. The lowest BCUT2D eigenvalue weighted by Crippen LogP contribution is -2.30. The van der Waals surface area contributed by atoms with Crippen molar-refractivity contribution in [2.24, 2.45) is 0 Å². The fourth-order valence-corrected chi connectivity index (χ4v) is 7.28. The molecule has 1 atom stereocenters. The first kappa shape index (κ1) is 57.4. The second-order valence-corrected chi connectivity index (χ2v) is 17.0. The Morgan fingerprint density at radius 2 is 0.650 bits per heavy atom. The fourth-order valence-electron chi connectivity index (χ4n) is 7.28. The number of esters is 3. The molecule has 348 valence electrons. The van der Waals surface area contributed by atoms with Crippen molar-refractivity contribution in [2.75, 3.05) is 13.2 Å². The van der Waals surface area contributed by atoms with Gasteiger partial charge in [0.1, 0.15) is 13.2 Å². The van der Waals surface area contributed by atoms with Crippen LogP contribution in [0.5, 0.6) is 0 Å². The third kappa shape index (κ3) is 46.4. The van der Waals surface area contributed by atoms with Crippen LogP contribution < -0.4 is 0 Å². The van der Waals surface area contributed by atoms with Crippen molar-refractivity contribution < 1.29 is 28.6 Å². The van der Waals surface area contributed by atoms with Crippen molar-refractivity contribution in [1.82, 2.24) is 0 Å². The van der Waals surface area contributed by atoms with Gasteiger partial charge in [-0.2, -0.15) is 0 Å². The molecule has 0 N–H and O–H groups in total. The van der Waals surface area contributed by atoms with Crippen LogP contribution in [0.1, 0.15) is 258 Å². The summed E-state index contributed by atoms with van der Waals surface area (Å²) < 4.78 is 16.8. The third-order valence-electron chi connectivity index (χ3n) is 11.1. The molecule has 0 aromatic rings. The summed E-state index contributed by atoms with van der Waals surface area (Å²) in [5.74, 6) is -0.886. The smallest absolute Gasteiger partial charge is 0.306 e. The monoisotopic (exact) mass is 841 g/mol. The number of allylic oxidation sites excluding steroid dienone is 8. The highest BCUT2D eigenvalue weighted by atomic mass is 16.6. The topological polar surface area (TPSA) is 78.9 Å². The number of hydrogen-bond donors (Lipinski definition) is 0. The van der Waals surface area contributed by atoms with Gasteiger partial charge >= 0.3 is 17.9 Å². The van der Waals surface area contributed by atoms with Crippen molar-refractivity contribution in [2.45, 2.75) is 264 Å². The molecule has 0 amide bonds. The first-order valence-electron chi connectivity index (χ1n) is 25.6. The zero-order valence-electron chi connectivity index (χ0n) is 39.7. The zero-order chi connectivity index (χ0) is 43.7. The fraction of sp³-hybridized carbons (Fsp3) is 0.796. The Hall–Kier alpha value is -2.63. The van der Waals surface area contributed by atoms with Gasteiger partial charge in [0.25, 0.3) is 0 Å². The van der Waals surface area contributed by atoms with Gasteiger partial charge in [0.15, 0.2) is 6.10 Å². The van der Waals surface area contributed by atoms with Gasteiger partial charge in [-0.3, -0.25) is 14.4 Å². The van der Waals surface area contributed by atoms with Crippen molar-refractivity contribution in [3.8, 4) is 0 Å². The van der Waals surface area contributed by atoms with Crippen LogP contribution in [-0.2, 0) is 28.6 Å². The minimum absolute atomic E-state index is 0.0766. The van der Waals surface area contributed by atoms with Crippen molar-refractivity contribution in [1.29, 1.82) is 0 Å². The number of carbonyl (C=O) groups is 3. The Balaban J connectivity index is 4.37. The molecular formula is C54H96O6. The summed E-state index contributed by atoms with van der Waals surface area (Å²) >= 11 is 0. The summed E-state index contributed by atoms with van der Waals surface area (Å²) in [5.41, 5.74) is 0. The maximum Gasteiger partial charge on any atom is 0.306 e. The first-order chi connectivity index (χ1) is 29.5. The molecule has 0 saturated carbocycles. The molecule has 0 spiro atoms. The normalized spacial score (nSPS) is 12.4. The molecule has 0 heterocycles. The summed E-state index contributed by atoms with van der Waals surface area (Å²) in [5, 5.41) is 0. The minimum Gasteiger partial charge on any atom is -0.462 e. The second kappa shape index (κ2) is 49.0. The highest BCUT2D eigenvalue weighted by Crippen LogP contribution is 2.15. The van der Waals surface area contributed by atoms with Crippen LogP contribution in [0.25, 0.3) is 0 Å². The van der Waals surface area contributed by atoms with E-state index in [0.717, 1.165) is 96.3 Å². The van der Waals surface area contributed by atoms with E-state index in [4.69, 9.17) is 14.2 Å². The molecule has 0 radical (unpaired) electrons. The van der Waals surface area contributed by atoms with Gasteiger partial charge in [0.2, 0.25) is 0 Å². The number of rotatable bonds is 46. The van der Waals surface area contributed by atoms with Crippen LogP contribution in [-0.4, -0.2) is 37.2 Å². The van der Waals surface area contributed by atoms with E-state index in [0.29, 0.717) is 19.3 Å². The Labute approximate surface area is 371 Å². The third-order valence-corrected chi connectivity index (χ3v) is 11.1. The lowest BCUT2D eigenvalue weighted by atomic mass is 10.0. The summed E-state index contributed by atoms with van der Waals surface area (Å²) in [4.78, 5) is 37.9. The van der Waals surface area contributed by atoms with Crippen molar-refractivity contribution in [3.05, 3.63) is 48.6 Å². The van der Waals surface area contributed by atoms with Gasteiger partial charge in [-0.1, -0.05) is 217 Å². The van der Waals surface area contributed by atoms with Crippen LogP contribution in [0.15, 0.2) is 48.6 Å². The van der Waals surface area contributed by atoms with Crippen LogP contribution in [0, 0.1) is 0 Å². The summed E-state index contributed by atoms with van der Waals surface area (Å²) in [7, 11) is 0. The second-order valence-electron chi connectivity index (χ2n) is 17.0. The van der Waals surface area contributed by atoms with E-state index in [1.807, 2.05) is 0 Å². The lowest BCUT2D eigenvalue weighted by Gasteiger charge is -2.18. The molecule has 0 aromatic carbocycles. The lowest BCUT2D eigenvalue weighted by molar-refractivity contribution is -0.167. The molecular weight excluding hydrogens is 745 g/mol. The van der Waals surface area contributed by atoms with Crippen LogP contribution in [0.3, 0.4) is 0 Å². The summed E-state index contributed by atoms with van der Waals surface area (Å²) in [6.07, 6.45) is 58.1. The molecule has 0 aliphatic carbocycles. The number of carbonyl (C=O) groups excluding carboxylic acids is 3. The van der Waals surface area contributed by atoms with Gasteiger partial charge in [0.05, 0.1) is 0 Å². The standard InChI is InChI=1S/C54H96O6/c1-4-7-10-13-16-19-22-25-28-31-34-37-40-43-46-52(55)58-49-51(60-54(57)48-45-42-39-36-33-30-27-24-21-18-15-12-9-6-3)50-59-53(56)47-44-41-38-35-32-29-26-23-20-17-14-11-8-5-2/h7,9-10,12,16,18-19,21,51H,4-6,8,11,13-15,17,20,22-50H2,1-3H3/b10-7-,12-9-,19-16-,21-18-. The average molecular weight is 841 g/mol. The first-order valence-corrected chi connectivity index (χ1v) is 25.6. The molecule has 0 aliphatic heterocycles. The number of ether oxygens (including phenoxy) is 3. The molecule has 6 nitrogen and oxygen atoms in total. The van der Waals surface area contributed by atoms with E-state index in [1.165, 1.54) is 122 Å². The highest BCUT2D eigenvalue weighted by molar-refractivity contribution is 5.71. The SMILES string of the molecule is CC/C=C\C/C=C\CCCCCCCCCC(=O)OCC(COC(=O)CCCCCCCCCCCCCCCC)OC(=O)CCCCCCCCC/C=C\C/C=C\CC.